The molecule has 0 bridgehead atoms. The Balaban J connectivity index is 1.71. The summed E-state index contributed by atoms with van der Waals surface area (Å²) in [5, 5.41) is 4.04. The van der Waals surface area contributed by atoms with Gasteiger partial charge in [-0.05, 0) is 42.3 Å². The van der Waals surface area contributed by atoms with Crippen molar-refractivity contribution in [3.8, 4) is 0 Å². The molecule has 142 valence electrons. The number of anilines is 1. The summed E-state index contributed by atoms with van der Waals surface area (Å²) in [5.41, 5.74) is 2.02. The van der Waals surface area contributed by atoms with Crippen LogP contribution >= 0.6 is 0 Å². The van der Waals surface area contributed by atoms with Crippen LogP contribution in [0.2, 0.25) is 0 Å². The average Bonchev–Trinajstić information content (AvgIpc) is 3.06. The molecular weight excluding hydrogens is 354 g/mol. The standard InChI is InChI=1S/C20H20F2N2O3/c1-12-10-24(27-11-12)20(26)15-5-3-13(2)18(9-15)23-19(25)8-14-4-6-16(21)17(22)7-14/h3-7,9,12H,8,10-11H2,1-2H3,(H,23,25). The third-order valence-electron chi connectivity index (χ3n) is 4.33. The molecule has 0 saturated carbocycles. The van der Waals surface area contributed by atoms with E-state index in [4.69, 9.17) is 4.84 Å². The van der Waals surface area contributed by atoms with E-state index < -0.39 is 11.6 Å². The van der Waals surface area contributed by atoms with Crippen LogP contribution in [0.3, 0.4) is 0 Å². The van der Waals surface area contributed by atoms with Crippen LogP contribution in [0.1, 0.15) is 28.4 Å². The summed E-state index contributed by atoms with van der Waals surface area (Å²) in [4.78, 5) is 30.1. The number of nitrogens with one attached hydrogen (secondary N) is 1. The molecule has 27 heavy (non-hydrogen) atoms. The Morgan fingerprint density at radius 3 is 2.63 bits per heavy atom. The lowest BCUT2D eigenvalue weighted by Gasteiger charge is -2.16. The highest BCUT2D eigenvalue weighted by atomic mass is 19.2. The van der Waals surface area contributed by atoms with Gasteiger partial charge >= 0.3 is 0 Å². The Morgan fingerprint density at radius 1 is 1.19 bits per heavy atom. The Kier molecular flexibility index (Phi) is 5.51. The summed E-state index contributed by atoms with van der Waals surface area (Å²) in [7, 11) is 0. The van der Waals surface area contributed by atoms with Crippen LogP contribution in [0.25, 0.3) is 0 Å². The molecule has 0 aliphatic carbocycles. The van der Waals surface area contributed by atoms with E-state index in [0.717, 1.165) is 17.7 Å². The third-order valence-corrected chi connectivity index (χ3v) is 4.33. The molecule has 2 aromatic carbocycles. The zero-order valence-corrected chi connectivity index (χ0v) is 15.1. The maximum absolute atomic E-state index is 13.3. The molecule has 1 heterocycles. The summed E-state index contributed by atoms with van der Waals surface area (Å²) in [6.45, 7) is 4.81. The van der Waals surface area contributed by atoms with Crippen LogP contribution in [0, 0.1) is 24.5 Å². The van der Waals surface area contributed by atoms with Gasteiger partial charge in [-0.3, -0.25) is 14.4 Å². The molecular formula is C20H20F2N2O3. The van der Waals surface area contributed by atoms with Gasteiger partial charge in [0.25, 0.3) is 5.91 Å². The number of amides is 2. The number of carbonyl (C=O) groups is 2. The molecule has 5 nitrogen and oxygen atoms in total. The van der Waals surface area contributed by atoms with E-state index in [1.165, 1.54) is 11.1 Å². The van der Waals surface area contributed by atoms with Gasteiger partial charge in [0.1, 0.15) is 0 Å². The molecule has 2 amide bonds. The van der Waals surface area contributed by atoms with Crippen molar-refractivity contribution in [1.29, 1.82) is 0 Å². The number of hydrogen-bond donors (Lipinski definition) is 1. The summed E-state index contributed by atoms with van der Waals surface area (Å²) in [5.74, 6) is -2.34. The van der Waals surface area contributed by atoms with E-state index in [0.29, 0.717) is 30.0 Å². The van der Waals surface area contributed by atoms with Gasteiger partial charge in [0.05, 0.1) is 19.6 Å². The maximum atomic E-state index is 13.3. The molecule has 1 aliphatic heterocycles. The van der Waals surface area contributed by atoms with Gasteiger partial charge in [-0.25, -0.2) is 13.8 Å². The number of benzene rings is 2. The molecule has 1 saturated heterocycles. The fourth-order valence-electron chi connectivity index (χ4n) is 2.81. The predicted octanol–water partition coefficient (Wildman–Crippen LogP) is 3.48. The van der Waals surface area contributed by atoms with E-state index in [9.17, 15) is 18.4 Å². The number of aryl methyl sites for hydroxylation is 1. The predicted molar refractivity (Wildman–Crippen MR) is 96.0 cm³/mol. The number of rotatable bonds is 4. The lowest BCUT2D eigenvalue weighted by atomic mass is 10.1. The van der Waals surface area contributed by atoms with Crippen molar-refractivity contribution in [1.82, 2.24) is 5.06 Å². The largest absolute Gasteiger partial charge is 0.326 e. The van der Waals surface area contributed by atoms with Crippen molar-refractivity contribution >= 4 is 17.5 Å². The summed E-state index contributed by atoms with van der Waals surface area (Å²) in [6.07, 6.45) is -0.110. The number of hydrogen-bond acceptors (Lipinski definition) is 3. The fourth-order valence-corrected chi connectivity index (χ4v) is 2.81. The molecule has 0 spiro atoms. The SMILES string of the molecule is Cc1ccc(C(=O)N2CC(C)CO2)cc1NC(=O)Cc1ccc(F)c(F)c1. The first kappa shape index (κ1) is 19.0. The average molecular weight is 374 g/mol. The summed E-state index contributed by atoms with van der Waals surface area (Å²) >= 11 is 0. The minimum atomic E-state index is -0.996. The van der Waals surface area contributed by atoms with Crippen molar-refractivity contribution in [3.63, 3.8) is 0 Å². The summed E-state index contributed by atoms with van der Waals surface area (Å²) in [6, 6.07) is 8.34. The van der Waals surface area contributed by atoms with Crippen LogP contribution in [-0.2, 0) is 16.1 Å². The molecule has 3 rings (SSSR count). The zero-order chi connectivity index (χ0) is 19.6. The van der Waals surface area contributed by atoms with Gasteiger partial charge < -0.3 is 5.32 Å². The smallest absolute Gasteiger partial charge is 0.277 e. The second-order valence-corrected chi connectivity index (χ2v) is 6.77. The number of carbonyl (C=O) groups excluding carboxylic acids is 2. The number of hydroxylamine groups is 2. The highest BCUT2D eigenvalue weighted by Gasteiger charge is 2.26. The Morgan fingerprint density at radius 2 is 1.96 bits per heavy atom. The van der Waals surface area contributed by atoms with E-state index in [1.807, 2.05) is 6.92 Å². The monoisotopic (exact) mass is 374 g/mol. The van der Waals surface area contributed by atoms with Crippen molar-refractivity contribution < 1.29 is 23.2 Å². The van der Waals surface area contributed by atoms with Crippen LogP contribution in [0.5, 0.6) is 0 Å². The van der Waals surface area contributed by atoms with E-state index in [-0.39, 0.29) is 24.2 Å². The van der Waals surface area contributed by atoms with Crippen molar-refractivity contribution in [2.75, 3.05) is 18.5 Å². The quantitative estimate of drug-likeness (QED) is 0.891. The molecule has 1 atom stereocenters. The first-order valence-electron chi connectivity index (χ1n) is 8.62. The topological polar surface area (TPSA) is 58.6 Å². The van der Waals surface area contributed by atoms with E-state index in [2.05, 4.69) is 5.32 Å². The Labute approximate surface area is 155 Å². The van der Waals surface area contributed by atoms with Gasteiger partial charge in [0.15, 0.2) is 11.6 Å². The van der Waals surface area contributed by atoms with Crippen LogP contribution in [0.4, 0.5) is 14.5 Å². The fraction of sp³-hybridized carbons (Fsp3) is 0.300. The molecule has 1 unspecified atom stereocenters. The first-order valence-corrected chi connectivity index (χ1v) is 8.62. The molecule has 2 aromatic rings. The first-order chi connectivity index (χ1) is 12.8. The Bertz CT molecular complexity index is 886. The van der Waals surface area contributed by atoms with Gasteiger partial charge in [-0.1, -0.05) is 19.1 Å². The number of halogens is 2. The highest BCUT2D eigenvalue weighted by molar-refractivity contribution is 5.98. The molecule has 7 heteroatoms. The third kappa shape index (κ3) is 4.49. The van der Waals surface area contributed by atoms with Crippen molar-refractivity contribution in [2.24, 2.45) is 5.92 Å². The zero-order valence-electron chi connectivity index (χ0n) is 15.1. The second kappa shape index (κ2) is 7.84. The minimum Gasteiger partial charge on any atom is -0.326 e. The summed E-state index contributed by atoms with van der Waals surface area (Å²) < 4.78 is 26.3. The molecule has 1 N–H and O–H groups in total. The van der Waals surface area contributed by atoms with Crippen LogP contribution in [-0.4, -0.2) is 30.0 Å². The van der Waals surface area contributed by atoms with Gasteiger partial charge in [0, 0.05) is 17.2 Å². The van der Waals surface area contributed by atoms with Crippen LogP contribution < -0.4 is 5.32 Å². The molecule has 0 aromatic heterocycles. The van der Waals surface area contributed by atoms with E-state index >= 15 is 0 Å². The van der Waals surface area contributed by atoms with Crippen molar-refractivity contribution in [2.45, 2.75) is 20.3 Å². The molecule has 1 fully saturated rings. The van der Waals surface area contributed by atoms with Gasteiger partial charge in [-0.15, -0.1) is 0 Å². The molecule has 1 aliphatic rings. The lowest BCUT2D eigenvalue weighted by Crippen LogP contribution is -2.27. The lowest BCUT2D eigenvalue weighted by molar-refractivity contribution is -0.115. The normalized spacial score (nSPS) is 16.4. The second-order valence-electron chi connectivity index (χ2n) is 6.77. The van der Waals surface area contributed by atoms with E-state index in [1.54, 1.807) is 25.1 Å². The Hall–Kier alpha value is -2.80. The maximum Gasteiger partial charge on any atom is 0.277 e. The highest BCUT2D eigenvalue weighted by Crippen LogP contribution is 2.21. The van der Waals surface area contributed by atoms with Crippen molar-refractivity contribution in [3.05, 3.63) is 64.7 Å². The molecule has 0 radical (unpaired) electrons. The van der Waals surface area contributed by atoms with Crippen LogP contribution in [0.15, 0.2) is 36.4 Å². The van der Waals surface area contributed by atoms with Gasteiger partial charge in [-0.2, -0.15) is 0 Å². The number of nitrogens with zero attached hydrogens (tertiary/aromatic N) is 1. The minimum absolute atomic E-state index is 0.110. The van der Waals surface area contributed by atoms with Gasteiger partial charge in [0.2, 0.25) is 5.91 Å².